The zero-order valence-electron chi connectivity index (χ0n) is 11.7. The monoisotopic (exact) mass is 425 g/mol. The molecule has 0 aliphatic heterocycles. The van der Waals surface area contributed by atoms with E-state index in [1.807, 2.05) is 12.1 Å². The molecule has 114 valence electrons. The van der Waals surface area contributed by atoms with E-state index in [2.05, 4.69) is 37.2 Å². The molecule has 0 bridgehead atoms. The number of nitrogens with one attached hydrogen (secondary N) is 1. The van der Waals surface area contributed by atoms with Crippen molar-refractivity contribution in [2.45, 2.75) is 6.92 Å². The summed E-state index contributed by atoms with van der Waals surface area (Å²) in [6.07, 6.45) is 0. The highest BCUT2D eigenvalue weighted by atomic mass is 79.9. The van der Waals surface area contributed by atoms with E-state index in [1.54, 1.807) is 30.3 Å². The summed E-state index contributed by atoms with van der Waals surface area (Å²) in [7, 11) is 0. The number of benzene rings is 2. The van der Waals surface area contributed by atoms with Gasteiger partial charge in [-0.25, -0.2) is 0 Å². The first kappa shape index (κ1) is 16.7. The molecule has 2 aromatic rings. The largest absolute Gasteiger partial charge is 0.484 e. The van der Waals surface area contributed by atoms with E-state index in [0.717, 1.165) is 8.95 Å². The molecular weight excluding hydrogens is 414 g/mol. The average Bonchev–Trinajstić information content (AvgIpc) is 2.48. The van der Waals surface area contributed by atoms with Gasteiger partial charge in [-0.05, 0) is 65.3 Å². The molecule has 0 aromatic heterocycles. The predicted octanol–water partition coefficient (Wildman–Crippen LogP) is 4.43. The molecule has 6 heteroatoms. The van der Waals surface area contributed by atoms with Gasteiger partial charge in [0.2, 0.25) is 0 Å². The first-order valence-electron chi connectivity index (χ1n) is 6.44. The SMILES string of the molecule is CC(=O)c1ccc(OCC(=O)Nc2ccc(Br)cc2Br)cc1. The number of ketones is 1. The predicted molar refractivity (Wildman–Crippen MR) is 92.4 cm³/mol. The van der Waals surface area contributed by atoms with E-state index in [4.69, 9.17) is 4.74 Å². The topological polar surface area (TPSA) is 55.4 Å². The molecule has 2 rings (SSSR count). The third kappa shape index (κ3) is 4.68. The summed E-state index contributed by atoms with van der Waals surface area (Å²) in [5.41, 5.74) is 1.28. The van der Waals surface area contributed by atoms with Crippen LogP contribution in [-0.4, -0.2) is 18.3 Å². The van der Waals surface area contributed by atoms with Crippen LogP contribution in [0.15, 0.2) is 51.4 Å². The van der Waals surface area contributed by atoms with Crippen molar-refractivity contribution in [2.75, 3.05) is 11.9 Å². The number of rotatable bonds is 5. The molecule has 1 N–H and O–H groups in total. The maximum atomic E-state index is 11.9. The lowest BCUT2D eigenvalue weighted by Gasteiger charge is -2.09. The van der Waals surface area contributed by atoms with Gasteiger partial charge >= 0.3 is 0 Å². The Morgan fingerprint density at radius 1 is 1.09 bits per heavy atom. The van der Waals surface area contributed by atoms with Gasteiger partial charge in [-0.15, -0.1) is 0 Å². The van der Waals surface area contributed by atoms with Crippen molar-refractivity contribution in [3.63, 3.8) is 0 Å². The first-order valence-corrected chi connectivity index (χ1v) is 8.03. The van der Waals surface area contributed by atoms with Crippen LogP contribution in [0.1, 0.15) is 17.3 Å². The molecule has 0 saturated carbocycles. The Morgan fingerprint density at radius 2 is 1.77 bits per heavy atom. The summed E-state index contributed by atoms with van der Waals surface area (Å²) in [6.45, 7) is 1.39. The van der Waals surface area contributed by atoms with Gasteiger partial charge in [0.25, 0.3) is 5.91 Å². The third-order valence-electron chi connectivity index (χ3n) is 2.84. The maximum Gasteiger partial charge on any atom is 0.262 e. The number of hydrogen-bond donors (Lipinski definition) is 1. The van der Waals surface area contributed by atoms with Crippen LogP contribution < -0.4 is 10.1 Å². The van der Waals surface area contributed by atoms with E-state index in [-0.39, 0.29) is 18.3 Å². The number of ether oxygens (including phenoxy) is 1. The number of carbonyl (C=O) groups is 2. The normalized spacial score (nSPS) is 10.1. The smallest absolute Gasteiger partial charge is 0.262 e. The summed E-state index contributed by atoms with van der Waals surface area (Å²) in [5, 5.41) is 2.75. The Balaban J connectivity index is 1.91. The number of carbonyl (C=O) groups excluding carboxylic acids is 2. The molecule has 0 saturated heterocycles. The average molecular weight is 427 g/mol. The van der Waals surface area contributed by atoms with Crippen LogP contribution in [0.3, 0.4) is 0 Å². The second kappa shape index (κ2) is 7.56. The van der Waals surface area contributed by atoms with Crippen molar-refractivity contribution >= 4 is 49.2 Å². The van der Waals surface area contributed by atoms with E-state index < -0.39 is 0 Å². The molecular formula is C16H13Br2NO3. The summed E-state index contributed by atoms with van der Waals surface area (Å²) in [4.78, 5) is 23.0. The summed E-state index contributed by atoms with van der Waals surface area (Å²) >= 11 is 6.72. The minimum atomic E-state index is -0.265. The standard InChI is InChI=1S/C16H13Br2NO3/c1-10(20)11-2-5-13(6-3-11)22-9-16(21)19-15-7-4-12(17)8-14(15)18/h2-8H,9H2,1H3,(H,19,21). The van der Waals surface area contributed by atoms with Crippen molar-refractivity contribution in [1.29, 1.82) is 0 Å². The Bertz CT molecular complexity index is 699. The minimum absolute atomic E-state index is 0.00983. The van der Waals surface area contributed by atoms with Crippen molar-refractivity contribution in [3.05, 3.63) is 57.0 Å². The number of amides is 1. The summed E-state index contributed by atoms with van der Waals surface area (Å²) in [6, 6.07) is 12.1. The zero-order valence-corrected chi connectivity index (χ0v) is 14.9. The molecule has 0 unspecified atom stereocenters. The fourth-order valence-corrected chi connectivity index (χ4v) is 2.86. The van der Waals surface area contributed by atoms with Crippen LogP contribution in [0.5, 0.6) is 5.75 Å². The zero-order chi connectivity index (χ0) is 16.1. The molecule has 1 amide bonds. The second-order valence-electron chi connectivity index (χ2n) is 4.54. The van der Waals surface area contributed by atoms with E-state index in [0.29, 0.717) is 17.0 Å². The van der Waals surface area contributed by atoms with Crippen LogP contribution in [0, 0.1) is 0 Å². The van der Waals surface area contributed by atoms with Gasteiger partial charge < -0.3 is 10.1 Å². The van der Waals surface area contributed by atoms with Crippen molar-refractivity contribution in [1.82, 2.24) is 0 Å². The van der Waals surface area contributed by atoms with Gasteiger partial charge in [0, 0.05) is 14.5 Å². The van der Waals surface area contributed by atoms with Crippen LogP contribution in [0.4, 0.5) is 5.69 Å². The molecule has 0 fully saturated rings. The minimum Gasteiger partial charge on any atom is -0.484 e. The lowest BCUT2D eigenvalue weighted by Crippen LogP contribution is -2.20. The first-order chi connectivity index (χ1) is 10.5. The molecule has 0 aliphatic rings. The molecule has 0 aliphatic carbocycles. The molecule has 0 spiro atoms. The molecule has 0 atom stereocenters. The van der Waals surface area contributed by atoms with E-state index in [9.17, 15) is 9.59 Å². The van der Waals surface area contributed by atoms with E-state index >= 15 is 0 Å². The quantitative estimate of drug-likeness (QED) is 0.719. The van der Waals surface area contributed by atoms with Gasteiger partial charge in [0.1, 0.15) is 5.75 Å². The van der Waals surface area contributed by atoms with Gasteiger partial charge in [-0.3, -0.25) is 9.59 Å². The van der Waals surface area contributed by atoms with Crippen LogP contribution in [-0.2, 0) is 4.79 Å². The fourth-order valence-electron chi connectivity index (χ4n) is 1.71. The fraction of sp³-hybridized carbons (Fsp3) is 0.125. The van der Waals surface area contributed by atoms with Gasteiger partial charge in [-0.1, -0.05) is 15.9 Å². The summed E-state index contributed by atoms with van der Waals surface area (Å²) in [5.74, 6) is 0.262. The molecule has 4 nitrogen and oxygen atoms in total. The number of halogens is 2. The molecule has 22 heavy (non-hydrogen) atoms. The van der Waals surface area contributed by atoms with Crippen LogP contribution in [0.2, 0.25) is 0 Å². The lowest BCUT2D eigenvalue weighted by atomic mass is 10.1. The van der Waals surface area contributed by atoms with Crippen LogP contribution >= 0.6 is 31.9 Å². The highest BCUT2D eigenvalue weighted by Gasteiger charge is 2.07. The highest BCUT2D eigenvalue weighted by Crippen LogP contribution is 2.26. The van der Waals surface area contributed by atoms with Gasteiger partial charge in [0.05, 0.1) is 5.69 Å². The number of anilines is 1. The summed E-state index contributed by atoms with van der Waals surface area (Å²) < 4.78 is 7.09. The molecule has 0 heterocycles. The number of Topliss-reactive ketones (excluding diaryl/α,β-unsaturated/α-hetero) is 1. The van der Waals surface area contributed by atoms with Gasteiger partial charge in [0.15, 0.2) is 12.4 Å². The second-order valence-corrected chi connectivity index (χ2v) is 6.31. The maximum absolute atomic E-state index is 11.9. The van der Waals surface area contributed by atoms with Crippen LogP contribution in [0.25, 0.3) is 0 Å². The Hall–Kier alpha value is -1.66. The van der Waals surface area contributed by atoms with Crippen molar-refractivity contribution in [3.8, 4) is 5.75 Å². The van der Waals surface area contributed by atoms with Crippen molar-refractivity contribution < 1.29 is 14.3 Å². The Kier molecular flexibility index (Phi) is 5.74. The lowest BCUT2D eigenvalue weighted by molar-refractivity contribution is -0.118. The molecule has 0 radical (unpaired) electrons. The molecule has 2 aromatic carbocycles. The Morgan fingerprint density at radius 3 is 2.36 bits per heavy atom. The Labute approximate surface area is 145 Å². The number of hydrogen-bond acceptors (Lipinski definition) is 3. The highest BCUT2D eigenvalue weighted by molar-refractivity contribution is 9.11. The van der Waals surface area contributed by atoms with Crippen molar-refractivity contribution in [2.24, 2.45) is 0 Å². The third-order valence-corrected chi connectivity index (χ3v) is 3.99. The van der Waals surface area contributed by atoms with E-state index in [1.165, 1.54) is 6.92 Å². The van der Waals surface area contributed by atoms with Gasteiger partial charge in [-0.2, -0.15) is 0 Å².